The minimum atomic E-state index is -4.43. The number of nitrogens with zero attached hydrogens (tertiary/aromatic N) is 4. The van der Waals surface area contributed by atoms with Crippen LogP contribution in [-0.2, 0) is 17.4 Å². The molecular weight excluding hydrogens is 347 g/mol. The summed E-state index contributed by atoms with van der Waals surface area (Å²) in [6.45, 7) is 0. The Labute approximate surface area is 146 Å². The zero-order valence-corrected chi connectivity index (χ0v) is 13.4. The van der Waals surface area contributed by atoms with Crippen molar-refractivity contribution >= 4 is 11.6 Å². The fourth-order valence-corrected chi connectivity index (χ4v) is 2.42. The maximum Gasteiger partial charge on any atom is 0.416 e. The topological polar surface area (TPSA) is 72.7 Å². The molecule has 9 heteroatoms. The summed E-state index contributed by atoms with van der Waals surface area (Å²) in [7, 11) is 0. The molecule has 26 heavy (non-hydrogen) atoms. The normalized spacial score (nSPS) is 12.6. The lowest BCUT2D eigenvalue weighted by atomic mass is 10.1. The first kappa shape index (κ1) is 17.6. The molecule has 0 fully saturated rings. The summed E-state index contributed by atoms with van der Waals surface area (Å²) in [5.74, 6) is -0.430. The number of alkyl halides is 3. The van der Waals surface area contributed by atoms with Crippen molar-refractivity contribution in [1.29, 1.82) is 0 Å². The maximum absolute atomic E-state index is 12.6. The summed E-state index contributed by atoms with van der Waals surface area (Å²) in [5.41, 5.74) is 0.376. The van der Waals surface area contributed by atoms with Crippen molar-refractivity contribution in [3.63, 3.8) is 0 Å². The Morgan fingerprint density at radius 1 is 1.08 bits per heavy atom. The molecule has 1 aromatic heterocycles. The Kier molecular flexibility index (Phi) is 4.97. The summed E-state index contributed by atoms with van der Waals surface area (Å²) in [6, 6.07) is 12.8. The number of rotatable bonds is 5. The van der Waals surface area contributed by atoms with Gasteiger partial charge in [0.25, 0.3) is 0 Å². The Morgan fingerprint density at radius 2 is 1.77 bits per heavy atom. The number of amides is 1. The van der Waals surface area contributed by atoms with E-state index in [1.165, 1.54) is 23.1 Å². The van der Waals surface area contributed by atoms with Crippen molar-refractivity contribution < 1.29 is 18.0 Å². The van der Waals surface area contributed by atoms with Gasteiger partial charge >= 0.3 is 6.18 Å². The van der Waals surface area contributed by atoms with Crippen molar-refractivity contribution in [2.45, 2.75) is 18.6 Å². The quantitative estimate of drug-likeness (QED) is 0.758. The van der Waals surface area contributed by atoms with Crippen molar-refractivity contribution in [2.24, 2.45) is 0 Å². The maximum atomic E-state index is 12.6. The molecule has 1 N–H and O–H groups in total. The molecule has 0 aliphatic heterocycles. The Hall–Kier alpha value is -3.23. The Balaban J connectivity index is 1.77. The lowest BCUT2D eigenvalue weighted by Crippen LogP contribution is -2.28. The van der Waals surface area contributed by atoms with Crippen LogP contribution in [0.25, 0.3) is 0 Å². The summed E-state index contributed by atoms with van der Waals surface area (Å²) in [5, 5.41) is 13.5. The average Bonchev–Trinajstić information content (AvgIpc) is 3.14. The van der Waals surface area contributed by atoms with E-state index in [1.807, 2.05) is 30.3 Å². The summed E-state index contributed by atoms with van der Waals surface area (Å²) in [4.78, 5) is 12.6. The van der Waals surface area contributed by atoms with Crippen LogP contribution in [0.4, 0.5) is 18.9 Å². The summed E-state index contributed by atoms with van der Waals surface area (Å²) < 4.78 is 39.2. The van der Waals surface area contributed by atoms with Crippen LogP contribution in [0.3, 0.4) is 0 Å². The Bertz CT molecular complexity index is 848. The number of aromatic nitrogens is 4. The van der Waals surface area contributed by atoms with Crippen LogP contribution >= 0.6 is 0 Å². The van der Waals surface area contributed by atoms with Crippen LogP contribution in [0.15, 0.2) is 60.9 Å². The molecule has 1 heterocycles. The van der Waals surface area contributed by atoms with Crippen molar-refractivity contribution in [2.75, 3.05) is 5.32 Å². The number of carbonyl (C=O) groups is 1. The molecule has 0 saturated carbocycles. The van der Waals surface area contributed by atoms with Crippen LogP contribution in [0, 0.1) is 0 Å². The second-order valence-electron chi connectivity index (χ2n) is 5.56. The van der Waals surface area contributed by atoms with E-state index < -0.39 is 23.7 Å². The molecule has 3 rings (SSSR count). The molecule has 0 aliphatic rings. The molecule has 0 spiro atoms. The largest absolute Gasteiger partial charge is 0.416 e. The van der Waals surface area contributed by atoms with Crippen molar-refractivity contribution in [3.05, 3.63) is 72.1 Å². The highest BCUT2D eigenvalue weighted by molar-refractivity contribution is 5.93. The predicted molar refractivity (Wildman–Crippen MR) is 87.1 cm³/mol. The van der Waals surface area contributed by atoms with Crippen LogP contribution in [0.5, 0.6) is 0 Å². The molecule has 0 saturated heterocycles. The average molecular weight is 361 g/mol. The zero-order chi connectivity index (χ0) is 18.6. The lowest BCUT2D eigenvalue weighted by molar-refractivity contribution is -0.137. The minimum Gasteiger partial charge on any atom is -0.324 e. The van der Waals surface area contributed by atoms with Gasteiger partial charge in [0.2, 0.25) is 5.91 Å². The number of hydrogen-bond acceptors (Lipinski definition) is 4. The highest BCUT2D eigenvalue weighted by Crippen LogP contribution is 2.30. The third-order valence-corrected chi connectivity index (χ3v) is 3.74. The van der Waals surface area contributed by atoms with Gasteiger partial charge in [-0.05, 0) is 40.3 Å². The molecular formula is C17H14F3N5O. The second-order valence-corrected chi connectivity index (χ2v) is 5.56. The van der Waals surface area contributed by atoms with Gasteiger partial charge in [0.1, 0.15) is 12.4 Å². The van der Waals surface area contributed by atoms with Gasteiger partial charge < -0.3 is 5.32 Å². The predicted octanol–water partition coefficient (Wildman–Crippen LogP) is 3.11. The number of hydrogen-bond donors (Lipinski definition) is 1. The number of halogens is 3. The van der Waals surface area contributed by atoms with Gasteiger partial charge in [-0.2, -0.15) is 13.2 Å². The van der Waals surface area contributed by atoms with E-state index in [-0.39, 0.29) is 5.69 Å². The van der Waals surface area contributed by atoms with E-state index in [2.05, 4.69) is 20.8 Å². The smallest absolute Gasteiger partial charge is 0.324 e. The molecule has 6 nitrogen and oxygen atoms in total. The van der Waals surface area contributed by atoms with Crippen molar-refractivity contribution in [1.82, 2.24) is 20.2 Å². The standard InChI is InChI=1S/C17H14F3N5O/c18-17(19,20)13-6-8-14(9-7-13)22-16(26)15(25-11-21-23-24-25)10-12-4-2-1-3-5-12/h1-9,11,15H,10H2,(H,22,26)/t15-/m1/s1. The molecule has 1 amide bonds. The highest BCUT2D eigenvalue weighted by atomic mass is 19.4. The fraction of sp³-hybridized carbons (Fsp3) is 0.176. The fourth-order valence-electron chi connectivity index (χ4n) is 2.42. The first-order valence-corrected chi connectivity index (χ1v) is 7.68. The third-order valence-electron chi connectivity index (χ3n) is 3.74. The molecule has 134 valence electrons. The highest BCUT2D eigenvalue weighted by Gasteiger charge is 2.30. The van der Waals surface area contributed by atoms with Crippen LogP contribution in [-0.4, -0.2) is 26.1 Å². The van der Waals surface area contributed by atoms with Crippen molar-refractivity contribution in [3.8, 4) is 0 Å². The SMILES string of the molecule is O=C(Nc1ccc(C(F)(F)F)cc1)[C@@H](Cc1ccccc1)n1cnnn1. The molecule has 3 aromatic rings. The van der Waals surface area contributed by atoms with E-state index in [0.717, 1.165) is 17.7 Å². The van der Waals surface area contributed by atoms with E-state index >= 15 is 0 Å². The first-order valence-electron chi connectivity index (χ1n) is 7.68. The zero-order valence-electron chi connectivity index (χ0n) is 13.4. The molecule has 2 aromatic carbocycles. The van der Waals surface area contributed by atoms with Gasteiger partial charge in [-0.25, -0.2) is 4.68 Å². The van der Waals surface area contributed by atoms with Crippen LogP contribution in [0.1, 0.15) is 17.2 Å². The molecule has 0 radical (unpaired) electrons. The molecule has 0 aliphatic carbocycles. The third kappa shape index (κ3) is 4.24. The second kappa shape index (κ2) is 7.34. The van der Waals surface area contributed by atoms with Gasteiger partial charge in [-0.1, -0.05) is 30.3 Å². The molecule has 0 bridgehead atoms. The first-order chi connectivity index (χ1) is 12.4. The van der Waals surface area contributed by atoms with Gasteiger partial charge in [0.15, 0.2) is 0 Å². The lowest BCUT2D eigenvalue weighted by Gasteiger charge is -2.17. The molecule has 0 unspecified atom stereocenters. The van der Waals surface area contributed by atoms with Gasteiger partial charge in [-0.3, -0.25) is 4.79 Å². The molecule has 1 atom stereocenters. The minimum absolute atomic E-state index is 0.258. The van der Waals surface area contributed by atoms with Crippen LogP contribution < -0.4 is 5.32 Å². The number of benzene rings is 2. The summed E-state index contributed by atoms with van der Waals surface area (Å²) >= 11 is 0. The van der Waals surface area contributed by atoms with E-state index in [9.17, 15) is 18.0 Å². The summed E-state index contributed by atoms with van der Waals surface area (Å²) in [6.07, 6.45) is -2.77. The van der Waals surface area contributed by atoms with Gasteiger partial charge in [0, 0.05) is 12.1 Å². The van der Waals surface area contributed by atoms with Gasteiger partial charge in [-0.15, -0.1) is 5.10 Å². The Morgan fingerprint density at radius 3 is 2.35 bits per heavy atom. The van der Waals surface area contributed by atoms with E-state index in [4.69, 9.17) is 0 Å². The van der Waals surface area contributed by atoms with E-state index in [0.29, 0.717) is 6.42 Å². The monoisotopic (exact) mass is 361 g/mol. The number of carbonyl (C=O) groups excluding carboxylic acids is 1. The number of anilines is 1. The van der Waals surface area contributed by atoms with Gasteiger partial charge in [0.05, 0.1) is 5.56 Å². The van der Waals surface area contributed by atoms with Crippen LogP contribution in [0.2, 0.25) is 0 Å². The van der Waals surface area contributed by atoms with E-state index in [1.54, 1.807) is 0 Å². The number of tetrazole rings is 1. The number of nitrogens with one attached hydrogen (secondary N) is 1.